The highest BCUT2D eigenvalue weighted by atomic mass is 16.4. The van der Waals surface area contributed by atoms with Gasteiger partial charge in [-0.2, -0.15) is 5.10 Å². The molecule has 1 heterocycles. The van der Waals surface area contributed by atoms with Gasteiger partial charge < -0.3 is 10.4 Å². The number of nitrogens with zero attached hydrogens (tertiary/aromatic N) is 2. The minimum Gasteiger partial charge on any atom is -0.478 e. The summed E-state index contributed by atoms with van der Waals surface area (Å²) in [6.07, 6.45) is 7.21. The molecule has 1 aromatic heterocycles. The largest absolute Gasteiger partial charge is 0.478 e. The van der Waals surface area contributed by atoms with Crippen molar-refractivity contribution in [2.75, 3.05) is 0 Å². The molecule has 0 aromatic carbocycles. The summed E-state index contributed by atoms with van der Waals surface area (Å²) in [6.45, 7) is 4.92. The van der Waals surface area contributed by atoms with E-state index in [2.05, 4.69) is 24.3 Å². The van der Waals surface area contributed by atoms with Crippen LogP contribution in [0, 0.1) is 0 Å². The monoisotopic (exact) mass is 267 g/mol. The van der Waals surface area contributed by atoms with Crippen LogP contribution in [0.4, 0.5) is 0 Å². The number of nitrogens with one attached hydrogen (secondary N) is 1. The predicted molar refractivity (Wildman–Crippen MR) is 75.2 cm³/mol. The number of aromatic nitrogens is 2. The summed E-state index contributed by atoms with van der Waals surface area (Å²) in [7, 11) is 1.78. The highest BCUT2D eigenvalue weighted by Crippen LogP contribution is 2.11. The van der Waals surface area contributed by atoms with Crippen LogP contribution in [0.15, 0.2) is 6.20 Å². The van der Waals surface area contributed by atoms with E-state index in [0.29, 0.717) is 18.2 Å². The fourth-order valence-electron chi connectivity index (χ4n) is 2.24. The van der Waals surface area contributed by atoms with Crippen molar-refractivity contribution in [2.45, 2.75) is 58.5 Å². The zero-order valence-electron chi connectivity index (χ0n) is 12.1. The smallest absolute Gasteiger partial charge is 0.339 e. The van der Waals surface area contributed by atoms with Gasteiger partial charge in [-0.05, 0) is 12.8 Å². The van der Waals surface area contributed by atoms with Gasteiger partial charge in [0.15, 0.2) is 0 Å². The molecular weight excluding hydrogens is 242 g/mol. The second-order valence-corrected chi connectivity index (χ2v) is 4.94. The van der Waals surface area contributed by atoms with Crippen LogP contribution in [0.3, 0.4) is 0 Å². The molecule has 5 nitrogen and oxygen atoms in total. The Labute approximate surface area is 115 Å². The van der Waals surface area contributed by atoms with Gasteiger partial charge in [-0.1, -0.05) is 33.1 Å². The molecule has 1 aromatic rings. The Bertz CT molecular complexity index is 401. The number of hydrogen-bond acceptors (Lipinski definition) is 3. The van der Waals surface area contributed by atoms with Gasteiger partial charge in [0.25, 0.3) is 0 Å². The molecule has 0 amide bonds. The lowest BCUT2D eigenvalue weighted by atomic mass is 10.0. The summed E-state index contributed by atoms with van der Waals surface area (Å²) in [6, 6.07) is 0.460. The molecule has 0 radical (unpaired) electrons. The molecule has 0 saturated carbocycles. The third-order valence-corrected chi connectivity index (χ3v) is 3.39. The van der Waals surface area contributed by atoms with Gasteiger partial charge in [0.2, 0.25) is 0 Å². The van der Waals surface area contributed by atoms with Crippen molar-refractivity contribution >= 4 is 5.97 Å². The Kier molecular flexibility index (Phi) is 6.56. The number of hydrogen-bond donors (Lipinski definition) is 2. The van der Waals surface area contributed by atoms with Gasteiger partial charge in [0.1, 0.15) is 5.56 Å². The average Bonchev–Trinajstić information content (AvgIpc) is 2.74. The van der Waals surface area contributed by atoms with Crippen molar-refractivity contribution in [1.29, 1.82) is 0 Å². The molecule has 0 bridgehead atoms. The highest BCUT2D eigenvalue weighted by Gasteiger charge is 2.16. The zero-order valence-corrected chi connectivity index (χ0v) is 12.1. The molecule has 5 heteroatoms. The molecule has 1 atom stereocenters. The van der Waals surface area contributed by atoms with Gasteiger partial charge in [0, 0.05) is 19.6 Å². The van der Waals surface area contributed by atoms with Crippen LogP contribution < -0.4 is 5.32 Å². The topological polar surface area (TPSA) is 67.2 Å². The van der Waals surface area contributed by atoms with E-state index in [1.807, 2.05) is 0 Å². The minimum absolute atomic E-state index is 0.292. The average molecular weight is 267 g/mol. The number of rotatable bonds is 9. The van der Waals surface area contributed by atoms with Crippen LogP contribution in [-0.2, 0) is 13.6 Å². The molecule has 1 rings (SSSR count). The zero-order chi connectivity index (χ0) is 14.3. The van der Waals surface area contributed by atoms with Crippen LogP contribution in [0.25, 0.3) is 0 Å². The third-order valence-electron chi connectivity index (χ3n) is 3.39. The van der Waals surface area contributed by atoms with E-state index in [-0.39, 0.29) is 0 Å². The van der Waals surface area contributed by atoms with E-state index >= 15 is 0 Å². The van der Waals surface area contributed by atoms with Crippen LogP contribution in [0.5, 0.6) is 0 Å². The van der Waals surface area contributed by atoms with Gasteiger partial charge in [-0.3, -0.25) is 4.68 Å². The maximum Gasteiger partial charge on any atom is 0.339 e. The van der Waals surface area contributed by atoms with Gasteiger partial charge >= 0.3 is 5.97 Å². The SMILES string of the molecule is CCCCC(CCC)NCc1c(C(=O)O)cnn1C. The van der Waals surface area contributed by atoms with Crippen molar-refractivity contribution in [2.24, 2.45) is 7.05 Å². The maximum absolute atomic E-state index is 11.1. The first-order valence-corrected chi connectivity index (χ1v) is 7.07. The molecule has 0 aliphatic heterocycles. The van der Waals surface area contributed by atoms with Crippen molar-refractivity contribution in [3.05, 3.63) is 17.5 Å². The number of unbranched alkanes of at least 4 members (excludes halogenated alkanes) is 1. The molecule has 108 valence electrons. The van der Waals surface area contributed by atoms with Crippen molar-refractivity contribution in [3.8, 4) is 0 Å². The maximum atomic E-state index is 11.1. The molecule has 0 spiro atoms. The standard InChI is InChI=1S/C14H25N3O2/c1-4-6-8-11(7-5-2)15-10-13-12(14(18)19)9-16-17(13)3/h9,11,15H,4-8,10H2,1-3H3,(H,18,19). The molecule has 1 unspecified atom stereocenters. The van der Waals surface area contributed by atoms with Crippen LogP contribution in [0.1, 0.15) is 62.0 Å². The second-order valence-electron chi connectivity index (χ2n) is 4.94. The van der Waals surface area contributed by atoms with E-state index in [1.54, 1.807) is 11.7 Å². The van der Waals surface area contributed by atoms with E-state index in [4.69, 9.17) is 5.11 Å². The fraction of sp³-hybridized carbons (Fsp3) is 0.714. The summed E-state index contributed by atoms with van der Waals surface area (Å²) in [4.78, 5) is 11.1. The first-order valence-electron chi connectivity index (χ1n) is 7.07. The van der Waals surface area contributed by atoms with Gasteiger partial charge in [0.05, 0.1) is 11.9 Å². The predicted octanol–water partition coefficient (Wildman–Crippen LogP) is 2.57. The highest BCUT2D eigenvalue weighted by molar-refractivity contribution is 5.88. The van der Waals surface area contributed by atoms with Crippen LogP contribution >= 0.6 is 0 Å². The first-order chi connectivity index (χ1) is 9.10. The van der Waals surface area contributed by atoms with Gasteiger partial charge in [-0.25, -0.2) is 4.79 Å². The quantitative estimate of drug-likeness (QED) is 0.721. The molecule has 0 fully saturated rings. The summed E-state index contributed by atoms with van der Waals surface area (Å²) >= 11 is 0. The van der Waals surface area contributed by atoms with Gasteiger partial charge in [-0.15, -0.1) is 0 Å². The Morgan fingerprint density at radius 3 is 2.74 bits per heavy atom. The first kappa shape index (κ1) is 15.7. The summed E-state index contributed by atoms with van der Waals surface area (Å²) in [5.74, 6) is -0.912. The molecule has 0 aliphatic rings. The van der Waals surface area contributed by atoms with E-state index in [9.17, 15) is 4.79 Å². The molecule has 0 aliphatic carbocycles. The van der Waals surface area contributed by atoms with Crippen LogP contribution in [0.2, 0.25) is 0 Å². The lowest BCUT2D eigenvalue weighted by Crippen LogP contribution is -2.30. The van der Waals surface area contributed by atoms with Crippen molar-refractivity contribution < 1.29 is 9.90 Å². The third kappa shape index (κ3) is 4.67. The molecule has 0 saturated heterocycles. The fourth-order valence-corrected chi connectivity index (χ4v) is 2.24. The number of aromatic carboxylic acids is 1. The summed E-state index contributed by atoms with van der Waals surface area (Å²) in [5.41, 5.74) is 1.03. The number of carboxylic acids is 1. The van der Waals surface area contributed by atoms with E-state index < -0.39 is 5.97 Å². The van der Waals surface area contributed by atoms with Crippen molar-refractivity contribution in [1.82, 2.24) is 15.1 Å². The number of aryl methyl sites for hydroxylation is 1. The normalized spacial score (nSPS) is 12.6. The molecule has 2 N–H and O–H groups in total. The second kappa shape index (κ2) is 7.94. The lowest BCUT2D eigenvalue weighted by Gasteiger charge is -2.18. The molecular formula is C14H25N3O2. The lowest BCUT2D eigenvalue weighted by molar-refractivity contribution is 0.0695. The number of carbonyl (C=O) groups is 1. The van der Waals surface area contributed by atoms with E-state index in [1.165, 1.54) is 19.0 Å². The number of carboxylic acid groups (broad SMARTS) is 1. The van der Waals surface area contributed by atoms with Crippen molar-refractivity contribution in [3.63, 3.8) is 0 Å². The summed E-state index contributed by atoms with van der Waals surface area (Å²) < 4.78 is 1.64. The Morgan fingerprint density at radius 2 is 2.16 bits per heavy atom. The van der Waals surface area contributed by atoms with E-state index in [0.717, 1.165) is 25.0 Å². The molecule has 19 heavy (non-hydrogen) atoms. The minimum atomic E-state index is -0.912. The van der Waals surface area contributed by atoms with Crippen LogP contribution in [-0.4, -0.2) is 26.9 Å². The summed E-state index contributed by atoms with van der Waals surface area (Å²) in [5, 5.41) is 16.6. The Balaban J connectivity index is 2.62. The Hall–Kier alpha value is -1.36. The Morgan fingerprint density at radius 1 is 1.42 bits per heavy atom.